The molecule has 0 fully saturated rings. The second-order valence-electron chi connectivity index (χ2n) is 4.64. The molecule has 0 aliphatic rings. The summed E-state index contributed by atoms with van der Waals surface area (Å²) in [6.07, 6.45) is 0. The second-order valence-corrected chi connectivity index (χ2v) is 7.11. The minimum Gasteiger partial charge on any atom is -0.107 e. The summed E-state index contributed by atoms with van der Waals surface area (Å²) in [6.45, 7) is 13.2. The first-order chi connectivity index (χ1) is 6.54. The van der Waals surface area contributed by atoms with Crippen molar-refractivity contribution >= 4 is 15.9 Å². The molecule has 2 unspecified atom stereocenters. The Morgan fingerprint density at radius 1 is 0.889 bits per heavy atom. The van der Waals surface area contributed by atoms with Crippen molar-refractivity contribution in [3.63, 3.8) is 0 Å². The lowest BCUT2D eigenvalue weighted by Gasteiger charge is -2.10. The van der Waals surface area contributed by atoms with E-state index in [4.69, 9.17) is 0 Å². The maximum atomic E-state index is 10.5. The Hall–Kier alpha value is 0.120. The van der Waals surface area contributed by atoms with E-state index in [1.165, 1.54) is 0 Å². The van der Waals surface area contributed by atoms with E-state index in [1.54, 1.807) is 13.3 Å². The van der Waals surface area contributed by atoms with Crippen LogP contribution in [0, 0.1) is 0 Å². The quantitative estimate of drug-likeness (QED) is 0.719. The molecule has 0 spiro atoms. The molecule has 18 heavy (non-hydrogen) atoms. The van der Waals surface area contributed by atoms with Gasteiger partial charge in [0.2, 0.25) is 0 Å². The molecule has 0 aromatic carbocycles. The molecule has 0 radical (unpaired) electrons. The van der Waals surface area contributed by atoms with Crippen LogP contribution >= 0.6 is 15.9 Å². The van der Waals surface area contributed by atoms with Gasteiger partial charge in [0, 0.05) is 6.04 Å². The van der Waals surface area contributed by atoms with Crippen molar-refractivity contribution in [2.45, 2.75) is 68.5 Å². The highest BCUT2D eigenvalue weighted by Gasteiger charge is 2.18. The van der Waals surface area contributed by atoms with Crippen molar-refractivity contribution in [1.29, 1.82) is 0 Å². The molecule has 4 nitrogen and oxygen atoms in total. The Balaban J connectivity index is -0.0000000540. The van der Waals surface area contributed by atoms with Gasteiger partial charge in [0.15, 0.2) is 13.3 Å². The molecule has 0 aliphatic carbocycles. The Bertz CT molecular complexity index is 215. The van der Waals surface area contributed by atoms with Crippen molar-refractivity contribution in [1.82, 2.24) is 10.2 Å². The van der Waals surface area contributed by atoms with Crippen LogP contribution in [0.15, 0.2) is 0 Å². The summed E-state index contributed by atoms with van der Waals surface area (Å²) in [7, 11) is -2.33. The summed E-state index contributed by atoms with van der Waals surface area (Å²) >= 11 is 0. The summed E-state index contributed by atoms with van der Waals surface area (Å²) in [5.74, 6) is 0. The molecule has 114 valence electrons. The second kappa shape index (κ2) is 15.2. The van der Waals surface area contributed by atoms with Gasteiger partial charge in [-0.05, 0) is 34.6 Å². The van der Waals surface area contributed by atoms with Crippen LogP contribution < -0.4 is 10.2 Å². The topological polar surface area (TPSA) is 58.2 Å². The van der Waals surface area contributed by atoms with Gasteiger partial charge >= 0.3 is 15.9 Å². The fourth-order valence-electron chi connectivity index (χ4n) is 0.836. The van der Waals surface area contributed by atoms with Gasteiger partial charge in [-0.15, -0.1) is 10.2 Å². The van der Waals surface area contributed by atoms with Crippen LogP contribution in [0.5, 0.6) is 0 Å². The third-order valence-electron chi connectivity index (χ3n) is 0.933. The molecule has 0 aliphatic heterocycles. The normalized spacial score (nSPS) is 10.9. The first-order valence-corrected chi connectivity index (χ1v) is 8.31. The van der Waals surface area contributed by atoms with Crippen molar-refractivity contribution in [3.8, 4) is 0 Å². The fourth-order valence-corrected chi connectivity index (χ4v) is 2.51. The van der Waals surface area contributed by atoms with Gasteiger partial charge in [0.1, 0.15) is 0 Å². The van der Waals surface area contributed by atoms with Crippen LogP contribution in [0.3, 0.4) is 0 Å². The lowest BCUT2D eigenvalue weighted by atomic mass is 10.1. The van der Waals surface area contributed by atoms with E-state index in [0.29, 0.717) is 6.04 Å². The predicted molar refractivity (Wildman–Crippen MR) is 88.4 cm³/mol. The first-order valence-electron chi connectivity index (χ1n) is 4.90. The maximum Gasteiger partial charge on any atom is 0.429 e. The monoisotopic (exact) mass is 302 g/mol. The smallest absolute Gasteiger partial charge is 0.107 e. The Labute approximate surface area is 117 Å². The van der Waals surface area contributed by atoms with Crippen molar-refractivity contribution < 1.29 is 9.13 Å². The van der Waals surface area contributed by atoms with Gasteiger partial charge in [0.25, 0.3) is 0 Å². The van der Waals surface area contributed by atoms with Crippen LogP contribution in [-0.2, 0) is 9.13 Å². The summed E-state index contributed by atoms with van der Waals surface area (Å²) in [5.41, 5.74) is -0.0117. The first kappa shape index (κ1) is 30.9. The summed E-state index contributed by atoms with van der Waals surface area (Å²) < 4.78 is 20.8. The molecule has 0 saturated carbocycles. The number of hydrogen-bond acceptors (Lipinski definition) is 2. The number of nitrogens with one attached hydrogen (secondary N) is 2. The molecular formula is C12H36N2O2P2+2. The minimum absolute atomic E-state index is 0. The van der Waals surface area contributed by atoms with Gasteiger partial charge in [-0.25, -0.2) is 0 Å². The third kappa shape index (κ3) is 44.3. The predicted octanol–water partition coefficient (Wildman–Crippen LogP) is 5.01. The highest BCUT2D eigenvalue weighted by molar-refractivity contribution is 7.41. The van der Waals surface area contributed by atoms with Gasteiger partial charge in [-0.3, -0.25) is 0 Å². The standard InChI is InChI=1S/C5H13NOP.C4H11NOP.3CH4/c1-5(2,3)6-8(4)7;1-4(2)5-7(3)6;;;/h1-4H3,(H,6,7);4H,1-3H3,(H,5,6);3*1H4/q2*+1;;;. The zero-order valence-electron chi connectivity index (χ0n) is 10.8. The van der Waals surface area contributed by atoms with Gasteiger partial charge in [-0.2, -0.15) is 0 Å². The third-order valence-corrected chi connectivity index (χ3v) is 2.80. The van der Waals surface area contributed by atoms with Crippen molar-refractivity contribution in [2.75, 3.05) is 13.3 Å². The molecule has 2 N–H and O–H groups in total. The van der Waals surface area contributed by atoms with Crippen LogP contribution in [0.4, 0.5) is 0 Å². The molecule has 0 bridgehead atoms. The lowest BCUT2D eigenvalue weighted by molar-refractivity contribution is 0.503. The van der Waals surface area contributed by atoms with E-state index >= 15 is 0 Å². The number of rotatable bonds is 3. The highest BCUT2D eigenvalue weighted by Crippen LogP contribution is 2.13. The van der Waals surface area contributed by atoms with Gasteiger partial charge in [0.05, 0.1) is 5.54 Å². The highest BCUT2D eigenvalue weighted by atomic mass is 31.1. The average molecular weight is 302 g/mol. The van der Waals surface area contributed by atoms with E-state index in [9.17, 15) is 9.13 Å². The largest absolute Gasteiger partial charge is 0.429 e. The molecule has 2 atom stereocenters. The molecule has 0 heterocycles. The molecule has 0 aromatic heterocycles. The van der Waals surface area contributed by atoms with Crippen LogP contribution in [0.25, 0.3) is 0 Å². The lowest BCUT2D eigenvalue weighted by Crippen LogP contribution is -2.29. The Morgan fingerprint density at radius 3 is 1.22 bits per heavy atom. The van der Waals surface area contributed by atoms with Crippen LogP contribution in [0.2, 0.25) is 0 Å². The summed E-state index contributed by atoms with van der Waals surface area (Å²) in [4.78, 5) is 0. The van der Waals surface area contributed by atoms with E-state index in [1.807, 2.05) is 34.6 Å². The minimum atomic E-state index is -1.19. The van der Waals surface area contributed by atoms with Gasteiger partial charge < -0.3 is 0 Å². The van der Waals surface area contributed by atoms with Crippen LogP contribution in [0.1, 0.15) is 56.9 Å². The molecule has 6 heteroatoms. The van der Waals surface area contributed by atoms with E-state index in [2.05, 4.69) is 10.2 Å². The summed E-state index contributed by atoms with van der Waals surface area (Å²) in [5, 5.41) is 5.71. The van der Waals surface area contributed by atoms with Gasteiger partial charge in [-0.1, -0.05) is 31.4 Å². The maximum absolute atomic E-state index is 10.5. The average Bonchev–Trinajstić information content (AvgIpc) is 1.76. The Kier molecular flexibility index (Phi) is 26.0. The fraction of sp³-hybridized carbons (Fsp3) is 1.00. The van der Waals surface area contributed by atoms with E-state index in [0.717, 1.165) is 0 Å². The Morgan fingerprint density at radius 2 is 1.22 bits per heavy atom. The van der Waals surface area contributed by atoms with E-state index in [-0.39, 0.29) is 27.8 Å². The summed E-state index contributed by atoms with van der Waals surface area (Å²) in [6, 6.07) is 0.341. The number of hydrogen-bond donors (Lipinski definition) is 2. The molecule has 0 aromatic rings. The molecular weight excluding hydrogens is 266 g/mol. The molecule has 0 rings (SSSR count). The molecule has 0 amide bonds. The zero-order valence-corrected chi connectivity index (χ0v) is 12.6. The van der Waals surface area contributed by atoms with Crippen LogP contribution in [-0.4, -0.2) is 24.9 Å². The van der Waals surface area contributed by atoms with E-state index < -0.39 is 15.9 Å². The van der Waals surface area contributed by atoms with Crippen molar-refractivity contribution in [2.24, 2.45) is 0 Å². The zero-order chi connectivity index (χ0) is 12.6. The van der Waals surface area contributed by atoms with Crippen molar-refractivity contribution in [3.05, 3.63) is 0 Å². The molecule has 0 saturated heterocycles. The SMILES string of the molecule is C.C.C.CC(C)N[P+](C)=O.C[P+](=O)NC(C)(C)C.